The number of hydrogen-bond acceptors (Lipinski definition) is 8. The molecule has 200 valence electrons. The van der Waals surface area contributed by atoms with Gasteiger partial charge < -0.3 is 35.3 Å². The predicted octanol–water partition coefficient (Wildman–Crippen LogP) is 0.411. The molecule has 10 nitrogen and oxygen atoms in total. The molecule has 0 saturated carbocycles. The fourth-order valence-corrected chi connectivity index (χ4v) is 4.90. The molecule has 2 aromatic rings. The third kappa shape index (κ3) is 5.04. The van der Waals surface area contributed by atoms with Crippen molar-refractivity contribution in [2.24, 2.45) is 0 Å². The zero-order chi connectivity index (χ0) is 27.5. The summed E-state index contributed by atoms with van der Waals surface area (Å²) in [5, 5.41) is 27.1. The number of carbonyl (C=O) groups is 3. The van der Waals surface area contributed by atoms with Gasteiger partial charge in [0, 0.05) is 62.0 Å². The van der Waals surface area contributed by atoms with Crippen LogP contribution in [-0.2, 0) is 33.3 Å². The summed E-state index contributed by atoms with van der Waals surface area (Å²) in [6.45, 7) is 1.08. The lowest BCUT2D eigenvalue weighted by Crippen LogP contribution is -2.59. The number of anilines is 1. The molecule has 2 radical (unpaired) electrons. The Kier molecular flexibility index (Phi) is 8.17. The smallest absolute Gasteiger partial charge is 0.256 e. The maximum atomic E-state index is 15.5. The zero-order valence-electron chi connectivity index (χ0n) is 21.1. The molecule has 0 aliphatic carbocycles. The lowest BCUT2D eigenvalue weighted by atomic mass is 9.71. The van der Waals surface area contributed by atoms with Gasteiger partial charge in [0.05, 0.1) is 24.2 Å². The van der Waals surface area contributed by atoms with E-state index in [1.165, 1.54) is 35.0 Å². The molecular weight excluding hydrogens is 494 g/mol. The fourth-order valence-electron chi connectivity index (χ4n) is 4.90. The van der Waals surface area contributed by atoms with Gasteiger partial charge in [-0.05, 0) is 24.6 Å². The molecule has 2 aliphatic rings. The molecule has 4 N–H and O–H groups in total. The summed E-state index contributed by atoms with van der Waals surface area (Å²) in [6, 6.07) is 9.38. The Balaban J connectivity index is 1.57. The summed E-state index contributed by atoms with van der Waals surface area (Å²) in [5.74, 6) is -4.32. The van der Waals surface area contributed by atoms with Crippen LogP contribution in [0.3, 0.4) is 0 Å². The van der Waals surface area contributed by atoms with Crippen LogP contribution in [0, 0.1) is 5.82 Å². The van der Waals surface area contributed by atoms with Crippen LogP contribution in [0.5, 0.6) is 0 Å². The number of aliphatic hydroxyl groups is 2. The van der Waals surface area contributed by atoms with Crippen LogP contribution in [0.1, 0.15) is 39.9 Å². The molecule has 12 heteroatoms. The van der Waals surface area contributed by atoms with Crippen molar-refractivity contribution in [3.05, 3.63) is 64.5 Å². The molecule has 2 amide bonds. The van der Waals surface area contributed by atoms with E-state index in [-0.39, 0.29) is 50.1 Å². The number of likely N-dealkylation sites (N-methyl/N-ethyl adjacent to an activating group) is 1. The molecular formula is C26H30BFN4O6. The summed E-state index contributed by atoms with van der Waals surface area (Å²) in [6.07, 6.45) is 0.580. The number of hydrogen-bond donors (Lipinski definition) is 4. The molecule has 0 aromatic heterocycles. The lowest BCUT2D eigenvalue weighted by molar-refractivity contribution is -0.288. The van der Waals surface area contributed by atoms with E-state index in [0.29, 0.717) is 36.3 Å². The Morgan fingerprint density at radius 1 is 1.21 bits per heavy atom. The average Bonchev–Trinajstić information content (AvgIpc) is 3.28. The number of benzene rings is 2. The van der Waals surface area contributed by atoms with E-state index in [4.69, 9.17) is 12.6 Å². The summed E-state index contributed by atoms with van der Waals surface area (Å²) in [4.78, 5) is 39.4. The summed E-state index contributed by atoms with van der Waals surface area (Å²) >= 11 is 0. The van der Waals surface area contributed by atoms with Gasteiger partial charge in [-0.2, -0.15) is 0 Å². The van der Waals surface area contributed by atoms with Gasteiger partial charge in [-0.3, -0.25) is 9.59 Å². The van der Waals surface area contributed by atoms with Crippen molar-refractivity contribution in [2.45, 2.75) is 37.3 Å². The van der Waals surface area contributed by atoms with Crippen molar-refractivity contribution in [3.63, 3.8) is 0 Å². The maximum absolute atomic E-state index is 15.5. The van der Waals surface area contributed by atoms with E-state index < -0.39 is 29.0 Å². The number of aldehydes is 1. The summed E-state index contributed by atoms with van der Waals surface area (Å²) < 4.78 is 20.7. The van der Waals surface area contributed by atoms with Crippen molar-refractivity contribution in [2.75, 3.05) is 38.7 Å². The molecule has 38 heavy (non-hydrogen) atoms. The van der Waals surface area contributed by atoms with Crippen LogP contribution in [0.2, 0.25) is 0 Å². The first-order valence-corrected chi connectivity index (χ1v) is 12.3. The van der Waals surface area contributed by atoms with Crippen LogP contribution in [0.15, 0.2) is 36.4 Å². The van der Waals surface area contributed by atoms with Gasteiger partial charge in [-0.1, -0.05) is 18.2 Å². The van der Waals surface area contributed by atoms with E-state index in [2.05, 4.69) is 10.6 Å². The molecule has 4 rings (SSSR count). The number of rotatable bonds is 10. The SMILES string of the molecule is [B]C(CCC=O)(C(=O)NC)N1Cc2c(NCc3cccc(C(O)(O)N4CCOCC4)c3F)cccc2C1=O. The third-order valence-electron chi connectivity index (χ3n) is 7.07. The zero-order valence-corrected chi connectivity index (χ0v) is 21.1. The molecule has 0 bridgehead atoms. The molecule has 0 spiro atoms. The topological polar surface area (TPSA) is 131 Å². The van der Waals surface area contributed by atoms with Crippen LogP contribution >= 0.6 is 0 Å². The molecule has 2 aliphatic heterocycles. The van der Waals surface area contributed by atoms with E-state index in [0.717, 1.165) is 0 Å². The average molecular weight is 524 g/mol. The highest BCUT2D eigenvalue weighted by atomic mass is 19.1. The number of morpholine rings is 1. The molecule has 1 atom stereocenters. The highest BCUT2D eigenvalue weighted by molar-refractivity contribution is 6.30. The quantitative estimate of drug-likeness (QED) is 0.200. The second-order valence-corrected chi connectivity index (χ2v) is 9.30. The van der Waals surface area contributed by atoms with E-state index in [1.807, 2.05) is 0 Å². The lowest BCUT2D eigenvalue weighted by Gasteiger charge is -2.37. The van der Waals surface area contributed by atoms with Gasteiger partial charge in [-0.15, -0.1) is 0 Å². The minimum absolute atomic E-state index is 0.00751. The van der Waals surface area contributed by atoms with Gasteiger partial charge in [0.2, 0.25) is 5.91 Å². The Morgan fingerprint density at radius 2 is 1.92 bits per heavy atom. The van der Waals surface area contributed by atoms with Gasteiger partial charge in [-0.25, -0.2) is 9.29 Å². The number of nitrogens with zero attached hydrogens (tertiary/aromatic N) is 2. The number of halogens is 1. The fraction of sp³-hybridized carbons (Fsp3) is 0.423. The first kappa shape index (κ1) is 27.7. The number of nitrogens with one attached hydrogen (secondary N) is 2. The van der Waals surface area contributed by atoms with Crippen molar-refractivity contribution in [1.29, 1.82) is 0 Å². The second kappa shape index (κ2) is 11.2. The molecule has 1 fully saturated rings. The van der Waals surface area contributed by atoms with Crippen molar-refractivity contribution in [1.82, 2.24) is 15.1 Å². The van der Waals surface area contributed by atoms with Gasteiger partial charge in [0.25, 0.3) is 11.8 Å². The van der Waals surface area contributed by atoms with E-state index >= 15 is 4.39 Å². The van der Waals surface area contributed by atoms with Crippen molar-refractivity contribution < 1.29 is 33.7 Å². The van der Waals surface area contributed by atoms with Crippen LogP contribution < -0.4 is 10.6 Å². The first-order valence-electron chi connectivity index (χ1n) is 12.3. The number of carbonyl (C=O) groups excluding carboxylic acids is 3. The first-order chi connectivity index (χ1) is 18.1. The molecule has 2 aromatic carbocycles. The number of ether oxygens (including phenoxy) is 1. The van der Waals surface area contributed by atoms with Crippen LogP contribution in [0.25, 0.3) is 0 Å². The summed E-state index contributed by atoms with van der Waals surface area (Å²) in [5.41, 5.74) is -0.366. The van der Waals surface area contributed by atoms with Crippen molar-refractivity contribution in [3.8, 4) is 0 Å². The van der Waals surface area contributed by atoms with Gasteiger partial charge >= 0.3 is 0 Å². The predicted molar refractivity (Wildman–Crippen MR) is 136 cm³/mol. The monoisotopic (exact) mass is 524 g/mol. The third-order valence-corrected chi connectivity index (χ3v) is 7.07. The van der Waals surface area contributed by atoms with Crippen LogP contribution in [-0.4, -0.2) is 84.7 Å². The highest BCUT2D eigenvalue weighted by Gasteiger charge is 2.45. The largest absolute Gasteiger partial charge is 0.381 e. The second-order valence-electron chi connectivity index (χ2n) is 9.30. The molecule has 1 saturated heterocycles. The van der Waals surface area contributed by atoms with Gasteiger partial charge in [0.1, 0.15) is 19.9 Å². The minimum atomic E-state index is -2.50. The van der Waals surface area contributed by atoms with E-state index in [9.17, 15) is 24.6 Å². The van der Waals surface area contributed by atoms with Crippen LogP contribution in [0.4, 0.5) is 10.1 Å². The number of amides is 2. The maximum Gasteiger partial charge on any atom is 0.256 e. The Morgan fingerprint density at radius 3 is 2.61 bits per heavy atom. The minimum Gasteiger partial charge on any atom is -0.381 e. The highest BCUT2D eigenvalue weighted by Crippen LogP contribution is 2.35. The van der Waals surface area contributed by atoms with E-state index in [1.54, 1.807) is 18.2 Å². The Hall–Kier alpha value is -3.32. The molecule has 1 unspecified atom stereocenters. The number of fused-ring (bicyclic) bond motifs is 1. The molecule has 2 heterocycles. The Labute approximate surface area is 221 Å². The van der Waals surface area contributed by atoms with Crippen molar-refractivity contribution >= 4 is 31.6 Å². The standard InChI is InChI=1S/C26H30BFN4O6/c1-29-24(35)25(27,9-4-12-33)32-16-19-18(23(32)34)6-3-8-21(19)30-15-17-5-2-7-20(22(17)28)26(36,37)31-10-13-38-14-11-31/h2-3,5-8,12,30,36-37H,4,9-11,13-16H2,1H3,(H,29,35). The summed E-state index contributed by atoms with van der Waals surface area (Å²) in [7, 11) is 7.78. The normalized spacial score (nSPS) is 17.6. The van der Waals surface area contributed by atoms with Gasteiger partial charge in [0.15, 0.2) is 0 Å². The Bertz CT molecular complexity index is 1220.